The van der Waals surface area contributed by atoms with E-state index in [1.807, 2.05) is 0 Å². The van der Waals surface area contributed by atoms with Gasteiger partial charge in [0.15, 0.2) is 5.78 Å². The van der Waals surface area contributed by atoms with Crippen molar-refractivity contribution in [2.75, 3.05) is 26.8 Å². The van der Waals surface area contributed by atoms with Crippen LogP contribution in [-0.2, 0) is 14.4 Å². The average molecular weight is 498 g/mol. The van der Waals surface area contributed by atoms with E-state index in [0.717, 1.165) is 19.3 Å². The van der Waals surface area contributed by atoms with E-state index in [2.05, 4.69) is 20.6 Å². The highest BCUT2D eigenvalue weighted by molar-refractivity contribution is 6.02. The number of rotatable bonds is 8. The summed E-state index contributed by atoms with van der Waals surface area (Å²) in [5, 5.41) is 15.7. The molecule has 3 fully saturated rings. The summed E-state index contributed by atoms with van der Waals surface area (Å²) >= 11 is 0. The first-order chi connectivity index (χ1) is 17.4. The fraction of sp³-hybridized carbons (Fsp3) is 0.560. The van der Waals surface area contributed by atoms with Gasteiger partial charge in [0.1, 0.15) is 18.3 Å². The lowest BCUT2D eigenvalue weighted by molar-refractivity contribution is -0.133. The number of carbonyl (C=O) groups excluding carboxylic acids is 4. The second-order valence-electron chi connectivity index (χ2n) is 9.92. The number of amides is 3. The van der Waals surface area contributed by atoms with Crippen LogP contribution in [0.2, 0.25) is 0 Å². The van der Waals surface area contributed by atoms with Gasteiger partial charge < -0.3 is 30.4 Å². The molecule has 11 nitrogen and oxygen atoms in total. The number of Topliss-reactive ketones (excluding diaryl/α,β-unsaturated/α-hetero) is 1. The van der Waals surface area contributed by atoms with Gasteiger partial charge in [0.2, 0.25) is 17.7 Å². The first kappa shape index (κ1) is 24.2. The largest absolute Gasteiger partial charge is 0.481 e. The molecule has 1 aliphatic carbocycles. The van der Waals surface area contributed by atoms with E-state index >= 15 is 0 Å². The zero-order chi connectivity index (χ0) is 25.4. The maximum atomic E-state index is 13.7. The number of methoxy groups -OCH3 is 1. The van der Waals surface area contributed by atoms with Gasteiger partial charge in [0.05, 0.1) is 24.1 Å². The van der Waals surface area contributed by atoms with Crippen LogP contribution in [0.1, 0.15) is 42.6 Å². The summed E-state index contributed by atoms with van der Waals surface area (Å²) in [4.78, 5) is 60.7. The Balaban J connectivity index is 1.39. The lowest BCUT2D eigenvalue weighted by Crippen LogP contribution is -2.53. The second kappa shape index (κ2) is 9.88. The normalized spacial score (nSPS) is 26.1. The predicted octanol–water partition coefficient (Wildman–Crippen LogP) is 0.385. The molecule has 0 radical (unpaired) electrons. The van der Waals surface area contributed by atoms with E-state index in [4.69, 9.17) is 4.74 Å². The van der Waals surface area contributed by atoms with Gasteiger partial charge in [0.25, 0.3) is 5.91 Å². The van der Waals surface area contributed by atoms with Crippen molar-refractivity contribution in [2.24, 2.45) is 17.8 Å². The molecule has 3 amide bonds. The van der Waals surface area contributed by atoms with Gasteiger partial charge in [0, 0.05) is 25.2 Å². The molecule has 4 heterocycles. The Morgan fingerprint density at radius 2 is 2.14 bits per heavy atom. The van der Waals surface area contributed by atoms with Gasteiger partial charge >= 0.3 is 0 Å². The average Bonchev–Trinajstić information content (AvgIpc) is 3.66. The summed E-state index contributed by atoms with van der Waals surface area (Å²) in [5.74, 6) is -1.22. The molecule has 5 rings (SSSR count). The summed E-state index contributed by atoms with van der Waals surface area (Å²) in [6.45, 7) is 0.247. The molecular formula is C25H31N5O6. The minimum Gasteiger partial charge on any atom is -0.481 e. The monoisotopic (exact) mass is 497 g/mol. The van der Waals surface area contributed by atoms with Crippen molar-refractivity contribution in [1.82, 2.24) is 25.5 Å². The van der Waals surface area contributed by atoms with Crippen LogP contribution in [0, 0.1) is 17.8 Å². The van der Waals surface area contributed by atoms with Gasteiger partial charge in [-0.25, -0.2) is 4.98 Å². The number of ketones is 1. The molecule has 2 aliphatic heterocycles. The zero-order valence-electron chi connectivity index (χ0n) is 20.2. The number of hydrogen-bond acceptors (Lipinski definition) is 7. The molecule has 11 heteroatoms. The Morgan fingerprint density at radius 3 is 2.86 bits per heavy atom. The Morgan fingerprint density at radius 1 is 1.31 bits per heavy atom. The third kappa shape index (κ3) is 4.32. The molecule has 2 aromatic rings. The van der Waals surface area contributed by atoms with E-state index in [9.17, 15) is 24.3 Å². The minimum absolute atomic E-state index is 0.00538. The molecule has 0 bridgehead atoms. The number of nitrogens with zero attached hydrogens (tertiary/aromatic N) is 2. The summed E-state index contributed by atoms with van der Waals surface area (Å²) < 4.78 is 5.30. The summed E-state index contributed by atoms with van der Waals surface area (Å²) in [6.07, 6.45) is 5.02. The summed E-state index contributed by atoms with van der Waals surface area (Å²) in [7, 11) is 1.51. The smallest absolute Gasteiger partial charge is 0.271 e. The molecule has 192 valence electrons. The van der Waals surface area contributed by atoms with E-state index in [0.29, 0.717) is 42.0 Å². The third-order valence-electron chi connectivity index (χ3n) is 7.90. The maximum Gasteiger partial charge on any atom is 0.271 e. The third-order valence-corrected chi connectivity index (χ3v) is 7.90. The molecule has 3 aliphatic rings. The van der Waals surface area contributed by atoms with Crippen LogP contribution in [0.5, 0.6) is 5.88 Å². The number of likely N-dealkylation sites (tertiary alicyclic amines) is 1. The number of aliphatic hydroxyl groups is 1. The number of ether oxygens (including phenoxy) is 1. The molecule has 2 saturated heterocycles. The number of hydrogen-bond donors (Lipinski definition) is 4. The van der Waals surface area contributed by atoms with Crippen molar-refractivity contribution in [3.05, 3.63) is 24.0 Å². The van der Waals surface area contributed by atoms with Crippen LogP contribution >= 0.6 is 0 Å². The van der Waals surface area contributed by atoms with Gasteiger partial charge in [-0.05, 0) is 49.7 Å². The highest BCUT2D eigenvalue weighted by Gasteiger charge is 2.50. The number of H-pyrrole nitrogens is 1. The Kier molecular flexibility index (Phi) is 6.65. The predicted molar refractivity (Wildman–Crippen MR) is 128 cm³/mol. The maximum absolute atomic E-state index is 13.7. The van der Waals surface area contributed by atoms with Crippen molar-refractivity contribution in [1.29, 1.82) is 0 Å². The number of nitrogens with one attached hydrogen (secondary N) is 3. The summed E-state index contributed by atoms with van der Waals surface area (Å²) in [6, 6.07) is 1.71. The van der Waals surface area contributed by atoms with E-state index < -0.39 is 36.3 Å². The van der Waals surface area contributed by atoms with Crippen molar-refractivity contribution >= 4 is 34.4 Å². The lowest BCUT2D eigenvalue weighted by atomic mass is 9.92. The van der Waals surface area contributed by atoms with Gasteiger partial charge in [-0.2, -0.15) is 0 Å². The fourth-order valence-electron chi connectivity index (χ4n) is 6.10. The number of aliphatic hydroxyl groups excluding tert-OH is 1. The van der Waals surface area contributed by atoms with Crippen molar-refractivity contribution in [3.63, 3.8) is 0 Å². The molecule has 5 atom stereocenters. The minimum atomic E-state index is -0.989. The molecule has 36 heavy (non-hydrogen) atoms. The zero-order valence-corrected chi connectivity index (χ0v) is 20.2. The molecule has 1 saturated carbocycles. The standard InChI is InChI=1S/C25H31N5O6/c1-36-24-16-10-19(28-17(16)6-8-27-24)25(35)30-11-14-3-2-4-15(14)21(30)23(34)29-18(20(32)12-31)9-13-5-7-26-22(13)33/h6,8,10,13-15,18,21,28,31H,2-5,7,9,11-12H2,1H3,(H,26,33)(H,29,34). The van der Waals surface area contributed by atoms with E-state index in [1.165, 1.54) is 7.11 Å². The second-order valence-corrected chi connectivity index (χ2v) is 9.92. The SMILES string of the molecule is COc1nccc2[nH]c(C(=O)N3CC4CCCC4C3C(=O)NC(CC3CCNC3=O)C(=O)CO)cc12. The van der Waals surface area contributed by atoms with Gasteiger partial charge in [-0.3, -0.25) is 19.2 Å². The molecule has 0 aromatic carbocycles. The van der Waals surface area contributed by atoms with Crippen LogP contribution in [0.4, 0.5) is 0 Å². The Bertz CT molecular complexity index is 1190. The van der Waals surface area contributed by atoms with Crippen molar-refractivity contribution in [3.8, 4) is 5.88 Å². The van der Waals surface area contributed by atoms with Crippen LogP contribution in [0.3, 0.4) is 0 Å². The first-order valence-electron chi connectivity index (χ1n) is 12.5. The van der Waals surface area contributed by atoms with E-state index in [1.54, 1.807) is 23.2 Å². The topological polar surface area (TPSA) is 154 Å². The number of fused-ring (bicyclic) bond motifs is 2. The molecule has 2 aromatic heterocycles. The number of aromatic nitrogens is 2. The highest BCUT2D eigenvalue weighted by Crippen LogP contribution is 2.43. The molecule has 4 N–H and O–H groups in total. The Hall–Kier alpha value is -3.47. The first-order valence-corrected chi connectivity index (χ1v) is 12.5. The van der Waals surface area contributed by atoms with Crippen LogP contribution in [0.15, 0.2) is 18.3 Å². The van der Waals surface area contributed by atoms with Gasteiger partial charge in [-0.1, -0.05) is 6.42 Å². The highest BCUT2D eigenvalue weighted by atomic mass is 16.5. The van der Waals surface area contributed by atoms with Crippen molar-refractivity contribution < 1.29 is 29.0 Å². The Labute approximate surface area is 208 Å². The van der Waals surface area contributed by atoms with Crippen LogP contribution in [-0.4, -0.2) is 82.4 Å². The summed E-state index contributed by atoms with van der Waals surface area (Å²) in [5.41, 5.74) is 1.04. The molecular weight excluding hydrogens is 466 g/mol. The van der Waals surface area contributed by atoms with E-state index in [-0.39, 0.29) is 30.1 Å². The van der Waals surface area contributed by atoms with Crippen LogP contribution in [0.25, 0.3) is 10.9 Å². The number of carbonyl (C=O) groups is 4. The fourth-order valence-corrected chi connectivity index (χ4v) is 6.10. The molecule has 0 spiro atoms. The van der Waals surface area contributed by atoms with Gasteiger partial charge in [-0.15, -0.1) is 0 Å². The number of aromatic amines is 1. The quantitative estimate of drug-likeness (QED) is 0.411. The van der Waals surface area contributed by atoms with Crippen molar-refractivity contribution in [2.45, 2.75) is 44.2 Å². The number of pyridine rings is 1. The van der Waals surface area contributed by atoms with Crippen LogP contribution < -0.4 is 15.4 Å². The lowest BCUT2D eigenvalue weighted by Gasteiger charge is -2.29. The molecule has 5 unspecified atom stereocenters.